The summed E-state index contributed by atoms with van der Waals surface area (Å²) < 4.78 is 5.16. The van der Waals surface area contributed by atoms with Crippen LogP contribution in [0.25, 0.3) is 0 Å². The van der Waals surface area contributed by atoms with Crippen molar-refractivity contribution in [1.82, 2.24) is 20.3 Å². The van der Waals surface area contributed by atoms with E-state index in [2.05, 4.69) is 27.2 Å². The number of aromatic nitrogens is 1. The average molecular weight is 415 g/mol. The maximum atomic E-state index is 10.8. The summed E-state index contributed by atoms with van der Waals surface area (Å²) >= 11 is 0. The van der Waals surface area contributed by atoms with Crippen molar-refractivity contribution in [2.75, 3.05) is 32.7 Å². The standard InChI is InChI=1S/C21H30N6O3/c1-3-4-9-22-21(23-15-18-5-7-20(8-6-18)27(28)29)26-12-10-25(11-13-26)16-19-14-17(2)30-24-19/h5-8,14H,3-4,9-13,15-16H2,1-2H3,(H,22,23). The minimum atomic E-state index is -0.384. The molecule has 9 nitrogen and oxygen atoms in total. The van der Waals surface area contributed by atoms with Crippen molar-refractivity contribution in [3.8, 4) is 0 Å². The van der Waals surface area contributed by atoms with Crippen LogP contribution >= 0.6 is 0 Å². The molecule has 1 aromatic heterocycles. The highest BCUT2D eigenvalue weighted by molar-refractivity contribution is 5.80. The van der Waals surface area contributed by atoms with Gasteiger partial charge in [-0.1, -0.05) is 30.6 Å². The molecule has 1 saturated heterocycles. The smallest absolute Gasteiger partial charge is 0.269 e. The topological polar surface area (TPSA) is 100 Å². The Kier molecular flexibility index (Phi) is 7.78. The van der Waals surface area contributed by atoms with Crippen molar-refractivity contribution in [1.29, 1.82) is 0 Å². The van der Waals surface area contributed by atoms with E-state index in [4.69, 9.17) is 9.52 Å². The number of aliphatic imine (C=N–C) groups is 1. The van der Waals surface area contributed by atoms with E-state index in [-0.39, 0.29) is 10.6 Å². The van der Waals surface area contributed by atoms with Gasteiger partial charge in [-0.2, -0.15) is 0 Å². The number of rotatable bonds is 8. The van der Waals surface area contributed by atoms with E-state index in [1.807, 2.05) is 13.0 Å². The molecule has 0 saturated carbocycles. The van der Waals surface area contributed by atoms with Gasteiger partial charge in [0.15, 0.2) is 5.96 Å². The monoisotopic (exact) mass is 414 g/mol. The van der Waals surface area contributed by atoms with Gasteiger partial charge in [-0.25, -0.2) is 4.99 Å². The lowest BCUT2D eigenvalue weighted by Crippen LogP contribution is -2.52. The molecular weight excluding hydrogens is 384 g/mol. The van der Waals surface area contributed by atoms with Crippen LogP contribution in [0.5, 0.6) is 0 Å². The van der Waals surface area contributed by atoms with Crippen LogP contribution in [-0.4, -0.2) is 58.6 Å². The van der Waals surface area contributed by atoms with Gasteiger partial charge >= 0.3 is 0 Å². The molecule has 30 heavy (non-hydrogen) atoms. The lowest BCUT2D eigenvalue weighted by atomic mass is 10.2. The molecule has 1 aromatic carbocycles. The first-order chi connectivity index (χ1) is 14.5. The number of non-ortho nitro benzene ring substituents is 1. The van der Waals surface area contributed by atoms with Gasteiger partial charge < -0.3 is 14.7 Å². The van der Waals surface area contributed by atoms with Crippen molar-refractivity contribution in [3.05, 3.63) is 57.5 Å². The number of unbranched alkanes of at least 4 members (excludes halogenated alkanes) is 1. The van der Waals surface area contributed by atoms with Crippen molar-refractivity contribution in [2.24, 2.45) is 4.99 Å². The number of nitro benzene ring substituents is 1. The van der Waals surface area contributed by atoms with Gasteiger partial charge in [-0.05, 0) is 18.9 Å². The highest BCUT2D eigenvalue weighted by Crippen LogP contribution is 2.13. The second-order valence-corrected chi connectivity index (χ2v) is 7.54. The van der Waals surface area contributed by atoms with Crippen LogP contribution in [0.15, 0.2) is 39.8 Å². The third-order valence-electron chi connectivity index (χ3n) is 5.11. The third kappa shape index (κ3) is 6.28. The number of nitrogens with one attached hydrogen (secondary N) is 1. The van der Waals surface area contributed by atoms with E-state index in [0.29, 0.717) is 6.54 Å². The highest BCUT2D eigenvalue weighted by Gasteiger charge is 2.20. The van der Waals surface area contributed by atoms with Gasteiger partial charge in [0, 0.05) is 57.5 Å². The fraction of sp³-hybridized carbons (Fsp3) is 0.524. The first kappa shape index (κ1) is 21.8. The zero-order valence-corrected chi connectivity index (χ0v) is 17.7. The molecule has 2 heterocycles. The van der Waals surface area contributed by atoms with Gasteiger partial charge in [0.1, 0.15) is 5.76 Å². The molecule has 0 atom stereocenters. The first-order valence-electron chi connectivity index (χ1n) is 10.5. The lowest BCUT2D eigenvalue weighted by molar-refractivity contribution is -0.384. The number of hydrogen-bond donors (Lipinski definition) is 1. The van der Waals surface area contributed by atoms with Crippen LogP contribution in [0, 0.1) is 17.0 Å². The Balaban J connectivity index is 1.58. The van der Waals surface area contributed by atoms with Crippen molar-refractivity contribution in [2.45, 2.75) is 39.8 Å². The maximum Gasteiger partial charge on any atom is 0.269 e. The molecule has 3 rings (SSSR count). The number of hydrogen-bond acceptors (Lipinski definition) is 6. The highest BCUT2D eigenvalue weighted by atomic mass is 16.6. The Morgan fingerprint density at radius 3 is 2.60 bits per heavy atom. The summed E-state index contributed by atoms with van der Waals surface area (Å²) in [4.78, 5) is 19.9. The number of guanidine groups is 1. The van der Waals surface area contributed by atoms with E-state index >= 15 is 0 Å². The molecule has 0 amide bonds. The fourth-order valence-corrected chi connectivity index (χ4v) is 3.37. The number of benzene rings is 1. The Hall–Kier alpha value is -2.94. The summed E-state index contributed by atoms with van der Waals surface area (Å²) in [6.45, 7) is 9.87. The lowest BCUT2D eigenvalue weighted by Gasteiger charge is -2.36. The van der Waals surface area contributed by atoms with Gasteiger partial charge in [0.2, 0.25) is 0 Å². The number of nitro groups is 1. The van der Waals surface area contributed by atoms with Crippen LogP contribution in [0.1, 0.15) is 36.8 Å². The maximum absolute atomic E-state index is 10.8. The van der Waals surface area contributed by atoms with E-state index in [1.165, 1.54) is 12.1 Å². The van der Waals surface area contributed by atoms with Crippen molar-refractivity contribution < 1.29 is 9.45 Å². The van der Waals surface area contributed by atoms with E-state index in [9.17, 15) is 10.1 Å². The zero-order valence-electron chi connectivity index (χ0n) is 17.7. The second-order valence-electron chi connectivity index (χ2n) is 7.54. The largest absolute Gasteiger partial charge is 0.361 e. The molecule has 0 spiro atoms. The van der Waals surface area contributed by atoms with E-state index in [0.717, 1.165) is 75.1 Å². The predicted molar refractivity (Wildman–Crippen MR) is 115 cm³/mol. The van der Waals surface area contributed by atoms with Gasteiger partial charge in [0.25, 0.3) is 5.69 Å². The van der Waals surface area contributed by atoms with Gasteiger partial charge in [-0.3, -0.25) is 15.0 Å². The SMILES string of the molecule is CCCCNC(=NCc1ccc([N+](=O)[O-])cc1)N1CCN(Cc2cc(C)on2)CC1. The number of aryl methyl sites for hydroxylation is 1. The Bertz CT molecular complexity index is 841. The Morgan fingerprint density at radius 2 is 2.00 bits per heavy atom. The van der Waals surface area contributed by atoms with Crippen LogP contribution in [0.3, 0.4) is 0 Å². The van der Waals surface area contributed by atoms with Gasteiger partial charge in [0.05, 0.1) is 17.2 Å². The van der Waals surface area contributed by atoms with Crippen LogP contribution in [0.2, 0.25) is 0 Å². The second kappa shape index (κ2) is 10.7. The molecule has 9 heteroatoms. The van der Waals surface area contributed by atoms with Crippen molar-refractivity contribution >= 4 is 11.6 Å². The molecule has 0 aliphatic carbocycles. The minimum Gasteiger partial charge on any atom is -0.361 e. The summed E-state index contributed by atoms with van der Waals surface area (Å²) in [5, 5.41) is 18.4. The summed E-state index contributed by atoms with van der Waals surface area (Å²) in [5.74, 6) is 1.74. The normalized spacial score (nSPS) is 15.4. The number of nitrogens with zero attached hydrogens (tertiary/aromatic N) is 5. The van der Waals surface area contributed by atoms with Crippen LogP contribution < -0.4 is 5.32 Å². The zero-order chi connectivity index (χ0) is 21.3. The molecule has 1 N–H and O–H groups in total. The Morgan fingerprint density at radius 1 is 1.27 bits per heavy atom. The fourth-order valence-electron chi connectivity index (χ4n) is 3.37. The van der Waals surface area contributed by atoms with Crippen molar-refractivity contribution in [3.63, 3.8) is 0 Å². The third-order valence-corrected chi connectivity index (χ3v) is 5.11. The summed E-state index contributed by atoms with van der Waals surface area (Å²) in [7, 11) is 0. The van der Waals surface area contributed by atoms with Gasteiger partial charge in [-0.15, -0.1) is 0 Å². The quantitative estimate of drug-likeness (QED) is 0.233. The molecule has 1 aliphatic heterocycles. The molecule has 0 unspecified atom stereocenters. The van der Waals surface area contributed by atoms with Crippen LogP contribution in [-0.2, 0) is 13.1 Å². The molecule has 2 aromatic rings. The molecular formula is C21H30N6O3. The van der Waals surface area contributed by atoms with E-state index < -0.39 is 0 Å². The minimum absolute atomic E-state index is 0.0995. The van der Waals surface area contributed by atoms with Crippen LogP contribution in [0.4, 0.5) is 5.69 Å². The Labute approximate surface area is 176 Å². The molecule has 1 aliphatic rings. The summed E-state index contributed by atoms with van der Waals surface area (Å²) in [6.07, 6.45) is 2.20. The summed E-state index contributed by atoms with van der Waals surface area (Å²) in [6, 6.07) is 8.57. The molecule has 162 valence electrons. The predicted octanol–water partition coefficient (Wildman–Crippen LogP) is 2.95. The molecule has 0 bridgehead atoms. The average Bonchev–Trinajstić information content (AvgIpc) is 3.16. The first-order valence-corrected chi connectivity index (χ1v) is 10.5. The summed E-state index contributed by atoms with van der Waals surface area (Å²) in [5.41, 5.74) is 2.02. The molecule has 1 fully saturated rings. The van der Waals surface area contributed by atoms with E-state index in [1.54, 1.807) is 12.1 Å². The molecule has 0 radical (unpaired) electrons. The number of piperazine rings is 1.